The summed E-state index contributed by atoms with van der Waals surface area (Å²) >= 11 is 1.43. The maximum absolute atomic E-state index is 13.9. The molecule has 41 heavy (non-hydrogen) atoms. The van der Waals surface area contributed by atoms with Crippen LogP contribution >= 0.6 is 11.3 Å². The van der Waals surface area contributed by atoms with Crippen molar-refractivity contribution >= 4 is 34.2 Å². The van der Waals surface area contributed by atoms with Crippen LogP contribution in [0.15, 0.2) is 78.3 Å². The molecule has 6 rings (SSSR count). The molecule has 0 radical (unpaired) electrons. The van der Waals surface area contributed by atoms with Gasteiger partial charge in [-0.2, -0.15) is 0 Å². The van der Waals surface area contributed by atoms with Crippen LogP contribution < -0.4 is 9.80 Å². The second kappa shape index (κ2) is 12.2. The van der Waals surface area contributed by atoms with Crippen LogP contribution in [-0.2, 0) is 20.7 Å². The number of hydrogen-bond donors (Lipinski definition) is 1. The van der Waals surface area contributed by atoms with Crippen molar-refractivity contribution < 1.29 is 19.4 Å². The molecule has 8 nitrogen and oxygen atoms in total. The van der Waals surface area contributed by atoms with Gasteiger partial charge in [-0.15, -0.1) is 11.3 Å². The van der Waals surface area contributed by atoms with E-state index in [0.717, 1.165) is 59.7 Å². The average Bonchev–Trinajstić information content (AvgIpc) is 3.73. The number of thiazole rings is 1. The number of hydrogen-bond acceptors (Lipinski definition) is 7. The Morgan fingerprint density at radius 2 is 1.73 bits per heavy atom. The van der Waals surface area contributed by atoms with Gasteiger partial charge in [0, 0.05) is 41.8 Å². The van der Waals surface area contributed by atoms with Gasteiger partial charge in [0.25, 0.3) is 0 Å². The van der Waals surface area contributed by atoms with Gasteiger partial charge in [0.05, 0.1) is 31.2 Å². The normalized spacial score (nSPS) is 15.9. The second-order valence-corrected chi connectivity index (χ2v) is 11.3. The Morgan fingerprint density at radius 1 is 1.00 bits per heavy atom. The molecule has 1 atom stereocenters. The molecular weight excluding hydrogens is 536 g/mol. The fraction of sp³-hybridized carbons (Fsp3) is 0.312. The fourth-order valence-corrected chi connectivity index (χ4v) is 6.20. The Morgan fingerprint density at radius 3 is 2.41 bits per heavy atom. The molecule has 9 heteroatoms. The Bertz CT molecular complexity index is 1500. The molecular formula is C32H32N4O4S. The lowest BCUT2D eigenvalue weighted by Gasteiger charge is -2.27. The van der Waals surface area contributed by atoms with E-state index in [1.165, 1.54) is 11.3 Å². The number of aliphatic carboxylic acids is 1. The summed E-state index contributed by atoms with van der Waals surface area (Å²) in [6.45, 7) is 3.09. The lowest BCUT2D eigenvalue weighted by molar-refractivity contribution is -0.140. The Hall–Kier alpha value is -4.08. The third kappa shape index (κ3) is 6.31. The van der Waals surface area contributed by atoms with Gasteiger partial charge < -0.3 is 14.7 Å². The van der Waals surface area contributed by atoms with Gasteiger partial charge >= 0.3 is 5.97 Å². The summed E-state index contributed by atoms with van der Waals surface area (Å²) in [6, 6.07) is 21.9. The van der Waals surface area contributed by atoms with Crippen LogP contribution in [-0.4, -0.2) is 59.3 Å². The Balaban J connectivity index is 1.26. The van der Waals surface area contributed by atoms with E-state index in [9.17, 15) is 14.7 Å². The van der Waals surface area contributed by atoms with Crippen molar-refractivity contribution in [1.82, 2.24) is 9.97 Å². The van der Waals surface area contributed by atoms with Crippen molar-refractivity contribution in [2.45, 2.75) is 31.7 Å². The van der Waals surface area contributed by atoms with Crippen molar-refractivity contribution in [3.8, 4) is 22.4 Å². The van der Waals surface area contributed by atoms with E-state index < -0.39 is 11.9 Å². The molecule has 210 valence electrons. The molecule has 0 unspecified atom stereocenters. The average molecular weight is 569 g/mol. The number of carboxylic acid groups (broad SMARTS) is 1. The molecule has 0 bridgehead atoms. The zero-order valence-corrected chi connectivity index (χ0v) is 23.5. The molecule has 1 aliphatic carbocycles. The smallest absolute Gasteiger partial charge is 0.304 e. The maximum Gasteiger partial charge on any atom is 0.304 e. The van der Waals surface area contributed by atoms with E-state index in [1.54, 1.807) is 4.90 Å². The summed E-state index contributed by atoms with van der Waals surface area (Å²) in [4.78, 5) is 39.3. The number of pyridine rings is 1. The summed E-state index contributed by atoms with van der Waals surface area (Å²) in [5, 5.41) is 12.2. The number of benzene rings is 2. The molecule has 1 saturated heterocycles. The van der Waals surface area contributed by atoms with E-state index >= 15 is 0 Å². The molecule has 1 amide bonds. The minimum atomic E-state index is -0.975. The van der Waals surface area contributed by atoms with Crippen molar-refractivity contribution in [2.75, 3.05) is 36.1 Å². The second-order valence-electron chi connectivity index (χ2n) is 10.5. The van der Waals surface area contributed by atoms with Crippen LogP contribution in [0.3, 0.4) is 0 Å². The third-order valence-electron chi connectivity index (χ3n) is 7.54. The van der Waals surface area contributed by atoms with Gasteiger partial charge in [-0.3, -0.25) is 14.5 Å². The number of aromatic nitrogens is 2. The van der Waals surface area contributed by atoms with Crippen molar-refractivity contribution in [3.05, 3.63) is 83.9 Å². The summed E-state index contributed by atoms with van der Waals surface area (Å²) in [5.41, 5.74) is 4.71. The summed E-state index contributed by atoms with van der Waals surface area (Å²) in [6.07, 6.45) is 3.85. The van der Waals surface area contributed by atoms with Gasteiger partial charge in [-0.1, -0.05) is 54.6 Å². The number of carbonyl (C=O) groups excluding carboxylic acids is 1. The first-order chi connectivity index (χ1) is 20.1. The number of carbonyl (C=O) groups is 2. The van der Waals surface area contributed by atoms with Gasteiger partial charge in [-0.25, -0.2) is 9.97 Å². The van der Waals surface area contributed by atoms with Crippen molar-refractivity contribution in [2.24, 2.45) is 5.92 Å². The molecule has 4 aromatic rings. The van der Waals surface area contributed by atoms with E-state index in [-0.39, 0.29) is 18.4 Å². The number of anilines is 2. The number of ether oxygens (including phenoxy) is 1. The van der Waals surface area contributed by atoms with Crippen molar-refractivity contribution in [3.63, 3.8) is 0 Å². The number of amides is 1. The fourth-order valence-electron chi connectivity index (χ4n) is 5.30. The highest BCUT2D eigenvalue weighted by Crippen LogP contribution is 2.39. The molecule has 3 heterocycles. The number of nitrogens with zero attached hydrogens (tertiary/aromatic N) is 4. The first-order valence-corrected chi connectivity index (χ1v) is 14.9. The largest absolute Gasteiger partial charge is 0.481 e. The highest BCUT2D eigenvalue weighted by Gasteiger charge is 2.39. The molecule has 2 aromatic carbocycles. The van der Waals surface area contributed by atoms with Gasteiger partial charge in [0.1, 0.15) is 5.82 Å². The van der Waals surface area contributed by atoms with Crippen LogP contribution in [0, 0.1) is 5.92 Å². The predicted molar refractivity (Wildman–Crippen MR) is 160 cm³/mol. The van der Waals surface area contributed by atoms with Crippen LogP contribution in [0.1, 0.15) is 24.8 Å². The minimum absolute atomic E-state index is 0.0562. The highest BCUT2D eigenvalue weighted by molar-refractivity contribution is 7.14. The number of morpholine rings is 1. The van der Waals surface area contributed by atoms with E-state index in [1.807, 2.05) is 66.2 Å². The lowest BCUT2D eigenvalue weighted by atomic mass is 9.94. The lowest BCUT2D eigenvalue weighted by Crippen LogP contribution is -2.39. The molecule has 1 aliphatic heterocycles. The molecule has 0 spiro atoms. The summed E-state index contributed by atoms with van der Waals surface area (Å²) in [7, 11) is 0. The van der Waals surface area contributed by atoms with Gasteiger partial charge in [0.2, 0.25) is 5.91 Å². The number of carboxylic acids is 1. The number of rotatable bonds is 10. The van der Waals surface area contributed by atoms with E-state index in [2.05, 4.69) is 17.0 Å². The topological polar surface area (TPSA) is 95.9 Å². The maximum atomic E-state index is 13.9. The Labute approximate surface area is 243 Å². The molecule has 1 saturated carbocycles. The zero-order valence-electron chi connectivity index (χ0n) is 22.7. The van der Waals surface area contributed by atoms with E-state index in [0.29, 0.717) is 24.8 Å². The monoisotopic (exact) mass is 568 g/mol. The first-order valence-electron chi connectivity index (χ1n) is 14.0. The van der Waals surface area contributed by atoms with Crippen molar-refractivity contribution in [1.29, 1.82) is 0 Å². The summed E-state index contributed by atoms with van der Waals surface area (Å²) < 4.78 is 5.46. The van der Waals surface area contributed by atoms with Crippen LogP contribution in [0.5, 0.6) is 0 Å². The summed E-state index contributed by atoms with van der Waals surface area (Å²) in [5.74, 6) is -0.866. The van der Waals surface area contributed by atoms with Gasteiger partial charge in [-0.05, 0) is 42.5 Å². The molecule has 2 aliphatic rings. The predicted octanol–water partition coefficient (Wildman–Crippen LogP) is 5.54. The quantitative estimate of drug-likeness (QED) is 0.268. The van der Waals surface area contributed by atoms with Crippen LogP contribution in [0.2, 0.25) is 0 Å². The van der Waals surface area contributed by atoms with Crippen LogP contribution in [0.25, 0.3) is 22.4 Å². The molecule has 1 N–H and O–H groups in total. The molecule has 2 fully saturated rings. The highest BCUT2D eigenvalue weighted by atomic mass is 32.1. The first kappa shape index (κ1) is 27.1. The Kier molecular flexibility index (Phi) is 8.07. The zero-order chi connectivity index (χ0) is 28.2. The minimum Gasteiger partial charge on any atom is -0.481 e. The third-order valence-corrected chi connectivity index (χ3v) is 8.38. The van der Waals surface area contributed by atoms with Crippen LogP contribution in [0.4, 0.5) is 10.9 Å². The standard InChI is InChI=1S/C32H32N4O4S/c37-30(38)19-24(18-22-6-2-1-3-7-22)31(39)36(25-11-12-25)32-34-28(21-41-32)27-9-5-4-8-26(27)23-10-13-29(33-20-23)35-14-16-40-17-15-35/h1-10,13,20-21,24-25H,11-12,14-19H2,(H,37,38)/t24-/m1/s1. The molecule has 2 aromatic heterocycles. The van der Waals surface area contributed by atoms with Gasteiger partial charge in [0.15, 0.2) is 5.13 Å². The van der Waals surface area contributed by atoms with E-state index in [4.69, 9.17) is 14.7 Å². The SMILES string of the molecule is O=C(O)C[C@@H](Cc1ccccc1)C(=O)N(c1nc(-c2ccccc2-c2ccc(N3CCOCC3)nc2)cs1)C1CC1.